The smallest absolute Gasteiger partial charge is 0.254 e. The molecule has 1 aromatic carbocycles. The third-order valence-electron chi connectivity index (χ3n) is 2.58. The zero-order valence-electron chi connectivity index (χ0n) is 11.4. The maximum absolute atomic E-state index is 12.1. The van der Waals surface area contributed by atoms with Gasteiger partial charge in [-0.3, -0.25) is 9.59 Å². The van der Waals surface area contributed by atoms with Crippen molar-refractivity contribution >= 4 is 17.5 Å². The van der Waals surface area contributed by atoms with E-state index >= 15 is 0 Å². The van der Waals surface area contributed by atoms with E-state index in [4.69, 9.17) is 10.5 Å². The van der Waals surface area contributed by atoms with Crippen molar-refractivity contribution in [3.05, 3.63) is 23.8 Å². The van der Waals surface area contributed by atoms with Crippen LogP contribution in [0.25, 0.3) is 0 Å². The molecule has 0 bridgehead atoms. The van der Waals surface area contributed by atoms with Gasteiger partial charge in [-0.05, 0) is 25.1 Å². The van der Waals surface area contributed by atoms with E-state index in [1.807, 2.05) is 6.92 Å². The molecule has 0 unspecified atom stereocenters. The topological polar surface area (TPSA) is 84.7 Å². The summed E-state index contributed by atoms with van der Waals surface area (Å²) >= 11 is 0. The second kappa shape index (κ2) is 6.63. The van der Waals surface area contributed by atoms with Crippen molar-refractivity contribution in [3.63, 3.8) is 0 Å². The van der Waals surface area contributed by atoms with Gasteiger partial charge in [0.05, 0.1) is 19.3 Å². The molecule has 6 nitrogen and oxygen atoms in total. The normalized spacial score (nSPS) is 9.84. The van der Waals surface area contributed by atoms with E-state index in [0.717, 1.165) is 0 Å². The second-order valence-electron chi connectivity index (χ2n) is 4.07. The average molecular weight is 265 g/mol. The summed E-state index contributed by atoms with van der Waals surface area (Å²) in [5.41, 5.74) is 6.57. The third kappa shape index (κ3) is 3.87. The van der Waals surface area contributed by atoms with E-state index in [0.29, 0.717) is 23.5 Å². The van der Waals surface area contributed by atoms with Crippen molar-refractivity contribution in [1.82, 2.24) is 10.2 Å². The summed E-state index contributed by atoms with van der Waals surface area (Å²) in [6.07, 6.45) is 0. The maximum Gasteiger partial charge on any atom is 0.254 e. The number of hydrogen-bond donors (Lipinski definition) is 2. The Bertz CT molecular complexity index is 474. The maximum atomic E-state index is 12.1. The van der Waals surface area contributed by atoms with Gasteiger partial charge in [0.15, 0.2) is 0 Å². The van der Waals surface area contributed by atoms with Crippen LogP contribution in [0.5, 0.6) is 5.75 Å². The van der Waals surface area contributed by atoms with Gasteiger partial charge in [-0.2, -0.15) is 0 Å². The van der Waals surface area contributed by atoms with Crippen LogP contribution in [0.4, 0.5) is 5.69 Å². The minimum Gasteiger partial charge on any atom is -0.495 e. The fourth-order valence-electron chi connectivity index (χ4n) is 1.60. The fraction of sp³-hybridized carbons (Fsp3) is 0.385. The Hall–Kier alpha value is -2.24. The Kier molecular flexibility index (Phi) is 5.17. The standard InChI is InChI=1S/C13H19N3O3/c1-4-15-12(17)8-16(2)13(18)9-5-6-10(14)11(7-9)19-3/h5-7H,4,8,14H2,1-3H3,(H,15,17). The van der Waals surface area contributed by atoms with Crippen LogP contribution in [-0.2, 0) is 4.79 Å². The molecule has 2 amide bonds. The van der Waals surface area contributed by atoms with Crippen molar-refractivity contribution in [2.75, 3.05) is 33.0 Å². The third-order valence-corrected chi connectivity index (χ3v) is 2.58. The van der Waals surface area contributed by atoms with Crippen molar-refractivity contribution in [1.29, 1.82) is 0 Å². The summed E-state index contributed by atoms with van der Waals surface area (Å²) in [6, 6.07) is 4.77. The highest BCUT2D eigenvalue weighted by Crippen LogP contribution is 2.22. The Balaban J connectivity index is 2.79. The molecule has 0 heterocycles. The lowest BCUT2D eigenvalue weighted by molar-refractivity contribution is -0.121. The molecular formula is C13H19N3O3. The highest BCUT2D eigenvalue weighted by Gasteiger charge is 2.15. The van der Waals surface area contributed by atoms with Crippen LogP contribution < -0.4 is 15.8 Å². The number of likely N-dealkylation sites (N-methyl/N-ethyl adjacent to an activating group) is 2. The predicted molar refractivity (Wildman–Crippen MR) is 73.1 cm³/mol. The highest BCUT2D eigenvalue weighted by atomic mass is 16.5. The number of carbonyl (C=O) groups excluding carboxylic acids is 2. The molecule has 0 saturated carbocycles. The summed E-state index contributed by atoms with van der Waals surface area (Å²) in [5.74, 6) is -0.0115. The van der Waals surface area contributed by atoms with Gasteiger partial charge in [-0.15, -0.1) is 0 Å². The second-order valence-corrected chi connectivity index (χ2v) is 4.07. The van der Waals surface area contributed by atoms with Gasteiger partial charge >= 0.3 is 0 Å². The molecule has 0 atom stereocenters. The van der Waals surface area contributed by atoms with Crippen LogP contribution in [0.1, 0.15) is 17.3 Å². The molecule has 0 spiro atoms. The van der Waals surface area contributed by atoms with E-state index in [1.165, 1.54) is 12.0 Å². The molecule has 6 heteroatoms. The summed E-state index contributed by atoms with van der Waals surface area (Å²) in [6.45, 7) is 2.38. The number of nitrogens with one attached hydrogen (secondary N) is 1. The highest BCUT2D eigenvalue weighted by molar-refractivity contribution is 5.97. The molecule has 0 radical (unpaired) electrons. The quantitative estimate of drug-likeness (QED) is 0.759. The van der Waals surface area contributed by atoms with Crippen LogP contribution >= 0.6 is 0 Å². The van der Waals surface area contributed by atoms with E-state index in [2.05, 4.69) is 5.32 Å². The Labute approximate surface area is 112 Å². The molecule has 0 aromatic heterocycles. The molecule has 0 fully saturated rings. The van der Waals surface area contributed by atoms with Crippen LogP contribution in [0, 0.1) is 0 Å². The molecule has 1 rings (SSSR count). The number of nitrogens with two attached hydrogens (primary N) is 1. The number of nitrogens with zero attached hydrogens (tertiary/aromatic N) is 1. The molecule has 19 heavy (non-hydrogen) atoms. The first kappa shape index (κ1) is 14.8. The fourth-order valence-corrected chi connectivity index (χ4v) is 1.60. The van der Waals surface area contributed by atoms with Crippen molar-refractivity contribution in [2.24, 2.45) is 0 Å². The minimum atomic E-state index is -0.260. The number of amides is 2. The number of benzene rings is 1. The van der Waals surface area contributed by atoms with Crippen LogP contribution in [-0.4, -0.2) is 44.0 Å². The lowest BCUT2D eigenvalue weighted by Gasteiger charge is -2.17. The van der Waals surface area contributed by atoms with Crippen molar-refractivity contribution < 1.29 is 14.3 Å². The summed E-state index contributed by atoms with van der Waals surface area (Å²) in [7, 11) is 3.05. The Morgan fingerprint density at radius 2 is 2.11 bits per heavy atom. The first-order valence-electron chi connectivity index (χ1n) is 5.95. The van der Waals surface area contributed by atoms with Crippen molar-refractivity contribution in [3.8, 4) is 5.75 Å². The van der Waals surface area contributed by atoms with Gasteiger partial charge in [0, 0.05) is 19.2 Å². The van der Waals surface area contributed by atoms with E-state index in [1.54, 1.807) is 25.2 Å². The van der Waals surface area contributed by atoms with Gasteiger partial charge in [0.2, 0.25) is 5.91 Å². The molecule has 0 aliphatic heterocycles. The molecule has 0 saturated heterocycles. The minimum absolute atomic E-state index is 0.0133. The van der Waals surface area contributed by atoms with Crippen LogP contribution in [0.3, 0.4) is 0 Å². The van der Waals surface area contributed by atoms with E-state index < -0.39 is 0 Å². The van der Waals surface area contributed by atoms with Crippen LogP contribution in [0.15, 0.2) is 18.2 Å². The molecule has 0 aliphatic rings. The predicted octanol–water partition coefficient (Wildman–Crippen LogP) is 0.486. The molecule has 0 aliphatic carbocycles. The number of anilines is 1. The van der Waals surface area contributed by atoms with E-state index in [9.17, 15) is 9.59 Å². The number of carbonyl (C=O) groups is 2. The summed E-state index contributed by atoms with van der Waals surface area (Å²) in [5, 5.41) is 2.64. The molecule has 104 valence electrons. The van der Waals surface area contributed by atoms with Gasteiger partial charge < -0.3 is 20.7 Å². The zero-order valence-corrected chi connectivity index (χ0v) is 11.4. The number of methoxy groups -OCH3 is 1. The molecule has 3 N–H and O–H groups in total. The van der Waals surface area contributed by atoms with Gasteiger partial charge in [0.1, 0.15) is 5.75 Å². The number of rotatable bonds is 5. The van der Waals surface area contributed by atoms with Crippen LogP contribution in [0.2, 0.25) is 0 Å². The Morgan fingerprint density at radius 3 is 2.68 bits per heavy atom. The summed E-state index contributed by atoms with van der Waals surface area (Å²) in [4.78, 5) is 24.9. The monoisotopic (exact) mass is 265 g/mol. The summed E-state index contributed by atoms with van der Waals surface area (Å²) < 4.78 is 5.06. The SMILES string of the molecule is CCNC(=O)CN(C)C(=O)c1ccc(N)c(OC)c1. The lowest BCUT2D eigenvalue weighted by atomic mass is 10.1. The number of ether oxygens (including phenoxy) is 1. The van der Waals surface area contributed by atoms with Crippen molar-refractivity contribution in [2.45, 2.75) is 6.92 Å². The van der Waals surface area contributed by atoms with E-state index in [-0.39, 0.29) is 18.4 Å². The average Bonchev–Trinajstić information content (AvgIpc) is 2.38. The Morgan fingerprint density at radius 1 is 1.42 bits per heavy atom. The first-order chi connectivity index (χ1) is 8.99. The molecular weight excluding hydrogens is 246 g/mol. The van der Waals surface area contributed by atoms with Gasteiger partial charge in [-0.25, -0.2) is 0 Å². The molecule has 1 aromatic rings. The van der Waals surface area contributed by atoms with Gasteiger partial charge in [-0.1, -0.05) is 0 Å². The van der Waals surface area contributed by atoms with Gasteiger partial charge in [0.25, 0.3) is 5.91 Å². The number of nitrogen functional groups attached to an aromatic ring is 1. The zero-order chi connectivity index (χ0) is 14.4. The largest absolute Gasteiger partial charge is 0.495 e. The first-order valence-corrected chi connectivity index (χ1v) is 5.95. The number of hydrogen-bond acceptors (Lipinski definition) is 4. The lowest BCUT2D eigenvalue weighted by Crippen LogP contribution is -2.38.